The molecule has 3 rings (SSSR count). The first kappa shape index (κ1) is 16.2. The number of nitrogens with one attached hydrogen (secondary N) is 1. The van der Waals surface area contributed by atoms with Crippen molar-refractivity contribution in [3.63, 3.8) is 0 Å². The van der Waals surface area contributed by atoms with Gasteiger partial charge in [0.2, 0.25) is 0 Å². The van der Waals surface area contributed by atoms with Gasteiger partial charge in [0.25, 0.3) is 11.5 Å². The predicted octanol–water partition coefficient (Wildman–Crippen LogP) is 3.91. The van der Waals surface area contributed by atoms with Gasteiger partial charge in [-0.2, -0.15) is 0 Å². The summed E-state index contributed by atoms with van der Waals surface area (Å²) in [5, 5.41) is 2.83. The van der Waals surface area contributed by atoms with Crippen molar-refractivity contribution in [3.05, 3.63) is 98.9 Å². The van der Waals surface area contributed by atoms with E-state index < -0.39 is 0 Å². The molecule has 0 saturated carbocycles. The molecule has 24 heavy (non-hydrogen) atoms. The Bertz CT molecular complexity index is 920. The summed E-state index contributed by atoms with van der Waals surface area (Å²) in [5.41, 5.74) is 1.99. The number of hydrogen-bond acceptors (Lipinski definition) is 2. The normalized spacial score (nSPS) is 10.4. The van der Waals surface area contributed by atoms with Gasteiger partial charge in [0.15, 0.2) is 0 Å². The molecule has 0 saturated heterocycles. The van der Waals surface area contributed by atoms with E-state index in [2.05, 4.69) is 21.2 Å². The Kier molecular flexibility index (Phi) is 4.91. The molecule has 0 aliphatic carbocycles. The van der Waals surface area contributed by atoms with E-state index in [0.29, 0.717) is 17.8 Å². The van der Waals surface area contributed by atoms with E-state index in [9.17, 15) is 9.59 Å². The Morgan fingerprint density at radius 2 is 1.79 bits per heavy atom. The summed E-state index contributed by atoms with van der Waals surface area (Å²) < 4.78 is 2.42. The Morgan fingerprint density at radius 1 is 1.00 bits per heavy atom. The largest absolute Gasteiger partial charge is 0.322 e. The van der Waals surface area contributed by atoms with Gasteiger partial charge in [-0.1, -0.05) is 52.3 Å². The minimum Gasteiger partial charge on any atom is -0.322 e. The molecular weight excluding hydrogens is 368 g/mol. The number of anilines is 1. The summed E-state index contributed by atoms with van der Waals surface area (Å²) in [6, 6.07) is 20.0. The molecule has 0 spiro atoms. The van der Waals surface area contributed by atoms with Crippen molar-refractivity contribution >= 4 is 27.5 Å². The summed E-state index contributed by atoms with van der Waals surface area (Å²) in [4.78, 5) is 24.4. The summed E-state index contributed by atoms with van der Waals surface area (Å²) >= 11 is 3.37. The van der Waals surface area contributed by atoms with Crippen molar-refractivity contribution in [1.82, 2.24) is 4.57 Å². The lowest BCUT2D eigenvalue weighted by molar-refractivity contribution is 0.102. The zero-order valence-corrected chi connectivity index (χ0v) is 14.4. The molecule has 1 heterocycles. The van der Waals surface area contributed by atoms with Gasteiger partial charge in [-0.15, -0.1) is 0 Å². The number of carbonyl (C=O) groups excluding carboxylic acids is 1. The summed E-state index contributed by atoms with van der Waals surface area (Å²) in [6.45, 7) is 0.428. The molecule has 2 aromatic carbocycles. The molecule has 0 radical (unpaired) electrons. The second-order valence-electron chi connectivity index (χ2n) is 5.33. The van der Waals surface area contributed by atoms with Crippen LogP contribution in [0.4, 0.5) is 5.69 Å². The minimum absolute atomic E-state index is 0.141. The Balaban J connectivity index is 1.82. The van der Waals surface area contributed by atoms with Gasteiger partial charge >= 0.3 is 0 Å². The molecule has 3 aromatic rings. The quantitative estimate of drug-likeness (QED) is 0.743. The number of aromatic nitrogens is 1. The Morgan fingerprint density at radius 3 is 2.54 bits per heavy atom. The third-order valence-electron chi connectivity index (χ3n) is 3.52. The smallest absolute Gasteiger partial charge is 0.257 e. The number of hydrogen-bond donors (Lipinski definition) is 1. The topological polar surface area (TPSA) is 51.1 Å². The van der Waals surface area contributed by atoms with Gasteiger partial charge in [-0.05, 0) is 29.8 Å². The lowest BCUT2D eigenvalue weighted by Crippen LogP contribution is -2.22. The maximum Gasteiger partial charge on any atom is 0.257 e. The van der Waals surface area contributed by atoms with Crippen LogP contribution in [0.15, 0.2) is 82.2 Å². The first-order valence-corrected chi connectivity index (χ1v) is 8.22. The molecule has 1 amide bonds. The molecule has 1 N–H and O–H groups in total. The number of pyridine rings is 1. The van der Waals surface area contributed by atoms with Gasteiger partial charge in [-0.3, -0.25) is 9.59 Å². The van der Waals surface area contributed by atoms with Crippen LogP contribution in [0.1, 0.15) is 15.9 Å². The van der Waals surface area contributed by atoms with E-state index in [1.165, 1.54) is 16.7 Å². The fourth-order valence-corrected chi connectivity index (χ4v) is 2.74. The van der Waals surface area contributed by atoms with E-state index in [1.54, 1.807) is 6.20 Å². The molecular formula is C19H15BrN2O2. The first-order valence-electron chi connectivity index (χ1n) is 7.43. The number of rotatable bonds is 4. The van der Waals surface area contributed by atoms with Gasteiger partial charge in [0.1, 0.15) is 0 Å². The lowest BCUT2D eigenvalue weighted by atomic mass is 10.2. The monoisotopic (exact) mass is 382 g/mol. The van der Waals surface area contributed by atoms with Crippen LogP contribution in [-0.2, 0) is 6.54 Å². The van der Waals surface area contributed by atoms with E-state index in [4.69, 9.17) is 0 Å². The Hall–Kier alpha value is -2.66. The van der Waals surface area contributed by atoms with E-state index in [1.807, 2.05) is 54.6 Å². The van der Waals surface area contributed by atoms with Gasteiger partial charge in [0, 0.05) is 22.4 Å². The molecule has 0 unspecified atom stereocenters. The summed E-state index contributed by atoms with van der Waals surface area (Å²) in [7, 11) is 0. The molecule has 0 fully saturated rings. The molecule has 5 heteroatoms. The van der Waals surface area contributed by atoms with Crippen LogP contribution < -0.4 is 10.9 Å². The van der Waals surface area contributed by atoms with Crippen LogP contribution >= 0.6 is 15.9 Å². The number of amides is 1. The number of nitrogens with zero attached hydrogens (tertiary/aromatic N) is 1. The first-order chi connectivity index (χ1) is 11.6. The molecule has 4 nitrogen and oxygen atoms in total. The fraction of sp³-hybridized carbons (Fsp3) is 0.0526. The van der Waals surface area contributed by atoms with Crippen LogP contribution in [0.25, 0.3) is 0 Å². The van der Waals surface area contributed by atoms with Gasteiger partial charge in [-0.25, -0.2) is 0 Å². The molecule has 120 valence electrons. The van der Waals surface area contributed by atoms with Crippen LogP contribution in [0.3, 0.4) is 0 Å². The summed E-state index contributed by atoms with van der Waals surface area (Å²) in [6.07, 6.45) is 1.59. The van der Waals surface area contributed by atoms with Crippen molar-refractivity contribution in [3.8, 4) is 0 Å². The van der Waals surface area contributed by atoms with Gasteiger partial charge in [0.05, 0.1) is 12.1 Å². The molecule has 0 atom stereocenters. The van der Waals surface area contributed by atoms with Crippen molar-refractivity contribution in [2.75, 3.05) is 5.32 Å². The van der Waals surface area contributed by atoms with Crippen LogP contribution in [-0.4, -0.2) is 10.5 Å². The average molecular weight is 383 g/mol. The van der Waals surface area contributed by atoms with E-state index in [0.717, 1.165) is 10.0 Å². The van der Waals surface area contributed by atoms with Crippen molar-refractivity contribution < 1.29 is 4.79 Å². The maximum absolute atomic E-state index is 12.4. The van der Waals surface area contributed by atoms with Crippen LogP contribution in [0.5, 0.6) is 0 Å². The predicted molar refractivity (Wildman–Crippen MR) is 98.3 cm³/mol. The van der Waals surface area contributed by atoms with Crippen LogP contribution in [0, 0.1) is 0 Å². The third-order valence-corrected chi connectivity index (χ3v) is 4.02. The van der Waals surface area contributed by atoms with Crippen LogP contribution in [0.2, 0.25) is 0 Å². The number of halogens is 1. The number of benzene rings is 2. The summed E-state index contributed by atoms with van der Waals surface area (Å²) in [5.74, 6) is -0.255. The van der Waals surface area contributed by atoms with Crippen molar-refractivity contribution in [2.24, 2.45) is 0 Å². The van der Waals surface area contributed by atoms with Crippen molar-refractivity contribution in [1.29, 1.82) is 0 Å². The molecule has 0 bridgehead atoms. The standard InChI is InChI=1S/C19H15BrN2O2/c20-16-7-4-8-17(11-16)21-19(24)15-9-10-18(23)22(13-15)12-14-5-2-1-3-6-14/h1-11,13H,12H2,(H,21,24). The highest BCUT2D eigenvalue weighted by Crippen LogP contribution is 2.16. The van der Waals surface area contributed by atoms with E-state index in [-0.39, 0.29) is 11.5 Å². The van der Waals surface area contributed by atoms with E-state index >= 15 is 0 Å². The fourth-order valence-electron chi connectivity index (χ4n) is 2.34. The minimum atomic E-state index is -0.255. The zero-order valence-electron chi connectivity index (χ0n) is 12.8. The SMILES string of the molecule is O=C(Nc1cccc(Br)c1)c1ccc(=O)n(Cc2ccccc2)c1. The molecule has 0 aliphatic rings. The highest BCUT2D eigenvalue weighted by Gasteiger charge is 2.09. The highest BCUT2D eigenvalue weighted by atomic mass is 79.9. The molecule has 0 aliphatic heterocycles. The second kappa shape index (κ2) is 7.27. The zero-order chi connectivity index (χ0) is 16.9. The average Bonchev–Trinajstić information content (AvgIpc) is 2.58. The maximum atomic E-state index is 12.4. The third kappa shape index (κ3) is 4.00. The molecule has 1 aromatic heterocycles. The Labute approximate surface area is 147 Å². The lowest BCUT2D eigenvalue weighted by Gasteiger charge is -2.09. The highest BCUT2D eigenvalue weighted by molar-refractivity contribution is 9.10. The second-order valence-corrected chi connectivity index (χ2v) is 6.25. The van der Waals surface area contributed by atoms with Gasteiger partial charge < -0.3 is 9.88 Å². The number of carbonyl (C=O) groups is 1. The van der Waals surface area contributed by atoms with Crippen molar-refractivity contribution in [2.45, 2.75) is 6.54 Å².